The fourth-order valence-corrected chi connectivity index (χ4v) is 4.81. The second kappa shape index (κ2) is 9.78. The lowest BCUT2D eigenvalue weighted by Crippen LogP contribution is -2.29. The van der Waals surface area contributed by atoms with Gasteiger partial charge in [-0.25, -0.2) is 9.59 Å². The molecule has 0 N–H and O–H groups in total. The van der Waals surface area contributed by atoms with Gasteiger partial charge in [0.2, 0.25) is 0 Å². The summed E-state index contributed by atoms with van der Waals surface area (Å²) in [5.74, 6) is -1.24. The van der Waals surface area contributed by atoms with E-state index in [-0.39, 0.29) is 42.5 Å². The Kier molecular flexibility index (Phi) is 7.11. The minimum absolute atomic E-state index is 0.0875. The van der Waals surface area contributed by atoms with E-state index in [0.717, 1.165) is 24.1 Å². The molecule has 0 radical (unpaired) electrons. The fraction of sp³-hybridized carbons (Fsp3) is 0.538. The zero-order chi connectivity index (χ0) is 25.4. The van der Waals surface area contributed by atoms with Crippen molar-refractivity contribution in [1.82, 2.24) is 0 Å². The van der Waals surface area contributed by atoms with Gasteiger partial charge in [0, 0.05) is 11.5 Å². The third-order valence-corrected chi connectivity index (χ3v) is 6.92. The van der Waals surface area contributed by atoms with E-state index < -0.39 is 29.8 Å². The van der Waals surface area contributed by atoms with Crippen LogP contribution in [0.5, 0.6) is 0 Å². The summed E-state index contributed by atoms with van der Waals surface area (Å²) in [6.07, 6.45) is -1.48. The summed E-state index contributed by atoms with van der Waals surface area (Å²) in [5.41, 5.74) is 0.446. The van der Waals surface area contributed by atoms with Crippen LogP contribution in [-0.2, 0) is 34.7 Å². The molecular weight excluding hydrogens is 465 g/mol. The number of esters is 2. The predicted octanol–water partition coefficient (Wildman–Crippen LogP) is 5.08. The molecule has 0 bridgehead atoms. The molecule has 1 aromatic rings. The lowest BCUT2D eigenvalue weighted by Gasteiger charge is -2.22. The van der Waals surface area contributed by atoms with Crippen molar-refractivity contribution in [3.63, 3.8) is 0 Å². The molecule has 3 aliphatic rings. The van der Waals surface area contributed by atoms with Crippen molar-refractivity contribution in [2.45, 2.75) is 69.6 Å². The smallest absolute Gasteiger partial charge is 0.416 e. The van der Waals surface area contributed by atoms with Gasteiger partial charge in [0.25, 0.3) is 0 Å². The lowest BCUT2D eigenvalue weighted by molar-refractivity contribution is -0.156. The molecule has 2 saturated heterocycles. The van der Waals surface area contributed by atoms with Crippen LogP contribution in [0.15, 0.2) is 48.1 Å². The van der Waals surface area contributed by atoms with Crippen LogP contribution in [-0.4, -0.2) is 43.0 Å². The van der Waals surface area contributed by atoms with Crippen LogP contribution in [0.2, 0.25) is 0 Å². The van der Waals surface area contributed by atoms with Gasteiger partial charge >= 0.3 is 18.1 Å². The Morgan fingerprint density at radius 3 is 2.66 bits per heavy atom. The molecule has 1 aliphatic carbocycles. The van der Waals surface area contributed by atoms with Crippen LogP contribution in [0.4, 0.5) is 13.2 Å². The average Bonchev–Trinajstić information content (AvgIpc) is 3.39. The molecule has 2 fully saturated rings. The molecule has 0 amide bonds. The van der Waals surface area contributed by atoms with Crippen molar-refractivity contribution in [2.24, 2.45) is 5.92 Å². The van der Waals surface area contributed by atoms with Gasteiger partial charge in [-0.1, -0.05) is 24.8 Å². The maximum absolute atomic E-state index is 13.0. The summed E-state index contributed by atoms with van der Waals surface area (Å²) >= 11 is 0. The van der Waals surface area contributed by atoms with Crippen LogP contribution in [0.1, 0.15) is 56.8 Å². The Morgan fingerprint density at radius 2 is 2.00 bits per heavy atom. The summed E-state index contributed by atoms with van der Waals surface area (Å²) in [4.78, 5) is 24.7. The molecule has 6 nitrogen and oxygen atoms in total. The van der Waals surface area contributed by atoms with E-state index in [2.05, 4.69) is 6.58 Å². The molecule has 0 saturated carbocycles. The molecule has 4 rings (SSSR count). The number of epoxide rings is 1. The molecule has 35 heavy (non-hydrogen) atoms. The van der Waals surface area contributed by atoms with Gasteiger partial charge < -0.3 is 18.9 Å². The first-order valence-corrected chi connectivity index (χ1v) is 11.7. The first-order chi connectivity index (χ1) is 16.5. The van der Waals surface area contributed by atoms with Gasteiger partial charge in [0.15, 0.2) is 6.10 Å². The Labute approximate surface area is 202 Å². The highest BCUT2D eigenvalue weighted by Gasteiger charge is 2.61. The molecule has 1 unspecified atom stereocenters. The number of hydrogen-bond donors (Lipinski definition) is 0. The van der Waals surface area contributed by atoms with Gasteiger partial charge in [-0.3, -0.25) is 0 Å². The van der Waals surface area contributed by atoms with Crippen molar-refractivity contribution in [3.05, 3.63) is 59.2 Å². The summed E-state index contributed by atoms with van der Waals surface area (Å²) in [5, 5.41) is 0. The number of alkyl halides is 3. The average molecular weight is 495 g/mol. The Balaban J connectivity index is 1.49. The van der Waals surface area contributed by atoms with Crippen LogP contribution in [0.3, 0.4) is 0 Å². The van der Waals surface area contributed by atoms with Crippen molar-refractivity contribution in [1.29, 1.82) is 0 Å². The van der Waals surface area contributed by atoms with Gasteiger partial charge in [0.1, 0.15) is 12.2 Å². The molecular formula is C26H29F3O6. The van der Waals surface area contributed by atoms with Gasteiger partial charge in [-0.05, 0) is 62.8 Å². The number of allylic oxidation sites excluding steroid dienone is 1. The third kappa shape index (κ3) is 5.46. The molecule has 5 atom stereocenters. The van der Waals surface area contributed by atoms with Gasteiger partial charge in [-0.2, -0.15) is 13.2 Å². The molecule has 1 aromatic carbocycles. The third-order valence-electron chi connectivity index (χ3n) is 6.92. The number of hydrogen-bond acceptors (Lipinski definition) is 6. The summed E-state index contributed by atoms with van der Waals surface area (Å²) < 4.78 is 61.3. The van der Waals surface area contributed by atoms with E-state index in [0.29, 0.717) is 24.8 Å². The summed E-state index contributed by atoms with van der Waals surface area (Å²) in [6.45, 7) is 7.75. The van der Waals surface area contributed by atoms with Crippen LogP contribution in [0, 0.1) is 5.92 Å². The van der Waals surface area contributed by atoms with Crippen LogP contribution in [0.25, 0.3) is 0 Å². The fourth-order valence-electron chi connectivity index (χ4n) is 4.81. The first kappa shape index (κ1) is 25.4. The Hall–Kier alpha value is -2.65. The zero-order valence-corrected chi connectivity index (χ0v) is 19.7. The first-order valence-electron chi connectivity index (χ1n) is 11.7. The van der Waals surface area contributed by atoms with Crippen LogP contribution >= 0.6 is 0 Å². The maximum atomic E-state index is 13.0. The quantitative estimate of drug-likeness (QED) is 0.238. The van der Waals surface area contributed by atoms with Gasteiger partial charge in [0.05, 0.1) is 24.4 Å². The molecule has 2 aliphatic heterocycles. The van der Waals surface area contributed by atoms with E-state index in [4.69, 9.17) is 18.9 Å². The molecule has 9 heteroatoms. The van der Waals surface area contributed by atoms with E-state index in [1.165, 1.54) is 12.1 Å². The van der Waals surface area contributed by atoms with E-state index >= 15 is 0 Å². The normalized spacial score (nSPS) is 30.9. The largest absolute Gasteiger partial charge is 0.464 e. The highest BCUT2D eigenvalue weighted by Crippen LogP contribution is 2.49. The van der Waals surface area contributed by atoms with E-state index in [1.54, 1.807) is 6.92 Å². The summed E-state index contributed by atoms with van der Waals surface area (Å²) in [7, 11) is 0. The summed E-state index contributed by atoms with van der Waals surface area (Å²) in [6, 6.07) is 4.30. The molecule has 0 aromatic heterocycles. The van der Waals surface area contributed by atoms with Crippen molar-refractivity contribution >= 4 is 11.9 Å². The zero-order valence-electron chi connectivity index (χ0n) is 19.7. The number of carbonyl (C=O) groups excluding carboxylic acids is 2. The van der Waals surface area contributed by atoms with Crippen molar-refractivity contribution in [2.75, 3.05) is 13.2 Å². The lowest BCUT2D eigenvalue weighted by atomic mass is 9.84. The molecule has 0 spiro atoms. The highest BCUT2D eigenvalue weighted by molar-refractivity contribution is 5.91. The van der Waals surface area contributed by atoms with E-state index in [9.17, 15) is 22.8 Å². The second-order valence-corrected chi connectivity index (χ2v) is 9.36. The standard InChI is InChI=1S/C26H29F3O6/c1-4-32-24(31)20(17-8-10-18(11-9-17)26(27,28)29)33-14-16-6-5-13-25(3)22(35-25)21-19(12-7-16)15(2)23(30)34-21/h6,8-11,19-22H,2,4-5,7,12-14H2,1,3H3/b16-6-/t19-,20?,21-,22-,25+/m1/s1. The van der Waals surface area contributed by atoms with Crippen molar-refractivity contribution < 1.29 is 41.7 Å². The molecule has 2 heterocycles. The minimum Gasteiger partial charge on any atom is -0.464 e. The number of fused-ring (bicyclic) bond motifs is 3. The predicted molar refractivity (Wildman–Crippen MR) is 119 cm³/mol. The monoisotopic (exact) mass is 494 g/mol. The number of ether oxygens (including phenoxy) is 4. The molecule has 190 valence electrons. The number of rotatable bonds is 6. The maximum Gasteiger partial charge on any atom is 0.416 e. The van der Waals surface area contributed by atoms with E-state index in [1.807, 2.05) is 13.0 Å². The van der Waals surface area contributed by atoms with Crippen LogP contribution < -0.4 is 0 Å². The van der Waals surface area contributed by atoms with Gasteiger partial charge in [-0.15, -0.1) is 0 Å². The highest BCUT2D eigenvalue weighted by atomic mass is 19.4. The minimum atomic E-state index is -4.48. The Bertz CT molecular complexity index is 1010. The Morgan fingerprint density at radius 1 is 1.29 bits per heavy atom. The topological polar surface area (TPSA) is 74.4 Å². The SMILES string of the molecule is C=C1C(=O)O[C@@H]2[C@@H]1CC/C(COC(C(=O)OCC)c1ccc(C(F)(F)F)cc1)=C/CC[C@]1(C)O[C@H]21. The number of halogens is 3. The van der Waals surface area contributed by atoms with Crippen molar-refractivity contribution in [3.8, 4) is 0 Å². The second-order valence-electron chi connectivity index (χ2n) is 9.36. The number of carbonyl (C=O) groups is 2. The number of benzene rings is 1.